The molecule has 6 aromatic carbocycles. The summed E-state index contributed by atoms with van der Waals surface area (Å²) < 4.78 is 7.74. The van der Waals surface area contributed by atoms with Gasteiger partial charge in [0.05, 0.1) is 10.2 Å². The number of anilines is 3. The Labute approximate surface area is 277 Å². The van der Waals surface area contributed by atoms with Gasteiger partial charge >= 0.3 is 0 Å². The molecule has 4 aromatic heterocycles. The molecule has 10 aromatic rings. The van der Waals surface area contributed by atoms with Gasteiger partial charge in [0, 0.05) is 79.3 Å². The first-order valence-corrected chi connectivity index (χ1v) is 17.7. The summed E-state index contributed by atoms with van der Waals surface area (Å²) in [5, 5.41) is 6.46. The Balaban J connectivity index is 1.12. The van der Waals surface area contributed by atoms with Gasteiger partial charge in [0.2, 0.25) is 0 Å². The fraction of sp³-hybridized carbons (Fsp3) is 0. The van der Waals surface area contributed by atoms with Crippen LogP contribution >= 0.6 is 34.0 Å². The van der Waals surface area contributed by atoms with Crippen molar-refractivity contribution in [1.29, 1.82) is 0 Å². The summed E-state index contributed by atoms with van der Waals surface area (Å²) in [5.74, 6) is 0. The van der Waals surface area contributed by atoms with Gasteiger partial charge in [-0.25, -0.2) is 0 Å². The zero-order valence-electron chi connectivity index (χ0n) is 24.5. The monoisotopic (exact) mass is 640 g/mol. The minimum Gasteiger partial charge on any atom is -0.310 e. The van der Waals surface area contributed by atoms with E-state index in [1.807, 2.05) is 40.2 Å². The van der Waals surface area contributed by atoms with Crippen LogP contribution in [0.4, 0.5) is 17.1 Å². The second-order valence-corrected chi connectivity index (χ2v) is 14.9. The lowest BCUT2D eigenvalue weighted by molar-refractivity contribution is 1.30. The Morgan fingerprint density at radius 3 is 1.70 bits per heavy atom. The van der Waals surface area contributed by atoms with Gasteiger partial charge in [0.1, 0.15) is 0 Å². The number of benzene rings is 6. The number of hydrogen-bond acceptors (Lipinski definition) is 5. The average Bonchev–Trinajstić information content (AvgIpc) is 3.79. The molecule has 0 unspecified atom stereocenters. The minimum absolute atomic E-state index is 1.08. The van der Waals surface area contributed by atoms with Crippen molar-refractivity contribution in [2.45, 2.75) is 0 Å². The molecule has 0 radical (unpaired) electrons. The van der Waals surface area contributed by atoms with Crippen LogP contribution in [0.25, 0.3) is 71.8 Å². The molecule has 0 fully saturated rings. The van der Waals surface area contributed by atoms with Crippen LogP contribution in [0, 0.1) is 0 Å². The normalized spacial score (nSPS) is 11.9. The van der Waals surface area contributed by atoms with E-state index in [2.05, 4.69) is 144 Å². The van der Waals surface area contributed by atoms with Crippen LogP contribution in [0.1, 0.15) is 0 Å². The van der Waals surface area contributed by atoms with Gasteiger partial charge in [-0.05, 0) is 72.3 Å². The van der Waals surface area contributed by atoms with Crippen molar-refractivity contribution in [3.63, 3.8) is 0 Å². The predicted octanol–water partition coefficient (Wildman–Crippen LogP) is 13.3. The maximum Gasteiger partial charge on any atom is 0.0888 e. The summed E-state index contributed by atoms with van der Waals surface area (Å²) in [5.41, 5.74) is 6.81. The summed E-state index contributed by atoms with van der Waals surface area (Å²) in [6.07, 6.45) is 2.01. The van der Waals surface area contributed by atoms with Gasteiger partial charge in [0.25, 0.3) is 0 Å². The number of fused-ring (bicyclic) bond motifs is 9. The molecular formula is C41H24N2S3. The highest BCUT2D eigenvalue weighted by atomic mass is 32.1. The molecule has 5 heteroatoms. The van der Waals surface area contributed by atoms with Crippen molar-refractivity contribution in [3.8, 4) is 11.1 Å². The lowest BCUT2D eigenvalue weighted by atomic mass is 10.1. The minimum atomic E-state index is 1.08. The van der Waals surface area contributed by atoms with Crippen LogP contribution in [0.3, 0.4) is 0 Å². The van der Waals surface area contributed by atoms with Crippen molar-refractivity contribution in [3.05, 3.63) is 146 Å². The molecule has 0 aliphatic carbocycles. The van der Waals surface area contributed by atoms with Crippen molar-refractivity contribution in [2.75, 3.05) is 4.90 Å². The second kappa shape index (κ2) is 10.2. The number of rotatable bonds is 4. The third-order valence-corrected chi connectivity index (χ3v) is 12.3. The Kier molecular flexibility index (Phi) is 5.82. The number of hydrogen-bond donors (Lipinski definition) is 0. The second-order valence-electron chi connectivity index (χ2n) is 11.6. The molecule has 216 valence electrons. The lowest BCUT2D eigenvalue weighted by Gasteiger charge is -2.26. The van der Waals surface area contributed by atoms with Gasteiger partial charge in [-0.3, -0.25) is 4.98 Å². The molecule has 0 saturated carbocycles. The third-order valence-electron chi connectivity index (χ3n) is 8.91. The van der Waals surface area contributed by atoms with Crippen LogP contribution in [-0.2, 0) is 0 Å². The molecule has 46 heavy (non-hydrogen) atoms. The quantitative estimate of drug-likeness (QED) is 0.190. The summed E-state index contributed by atoms with van der Waals surface area (Å²) >= 11 is 5.53. The van der Waals surface area contributed by atoms with Crippen molar-refractivity contribution < 1.29 is 0 Å². The zero-order chi connectivity index (χ0) is 30.2. The molecule has 10 rings (SSSR count). The van der Waals surface area contributed by atoms with E-state index in [4.69, 9.17) is 4.98 Å². The smallest absolute Gasteiger partial charge is 0.0888 e. The summed E-state index contributed by atoms with van der Waals surface area (Å²) in [6.45, 7) is 0. The molecular weight excluding hydrogens is 617 g/mol. The average molecular weight is 641 g/mol. The standard InChI is InChI=1S/C41H24N2S3/c1-4-10-35-30(7-1)32-19-17-29(23-39(32)45-35)43(28-18-20-38-34(22-28)31-8-2-5-11-36(31)44-38)27-15-13-25(14-16-27)26-21-40-41(42-24-26)33-9-3-6-12-37(33)46-40/h1-24H. The van der Waals surface area contributed by atoms with E-state index in [9.17, 15) is 0 Å². The molecule has 2 nitrogen and oxygen atoms in total. The number of pyridine rings is 1. The Bertz CT molecular complexity index is 2770. The molecule has 0 aliphatic heterocycles. The molecule has 0 aliphatic rings. The lowest BCUT2D eigenvalue weighted by Crippen LogP contribution is -2.09. The van der Waals surface area contributed by atoms with Gasteiger partial charge in [0.15, 0.2) is 0 Å². The van der Waals surface area contributed by atoms with Crippen molar-refractivity contribution >= 4 is 112 Å². The largest absolute Gasteiger partial charge is 0.310 e. The van der Waals surface area contributed by atoms with Crippen LogP contribution in [0.15, 0.2) is 146 Å². The van der Waals surface area contributed by atoms with Crippen LogP contribution in [-0.4, -0.2) is 4.98 Å². The van der Waals surface area contributed by atoms with E-state index in [0.717, 1.165) is 33.7 Å². The first-order valence-electron chi connectivity index (χ1n) is 15.3. The van der Waals surface area contributed by atoms with Crippen molar-refractivity contribution in [1.82, 2.24) is 4.98 Å². The first kappa shape index (κ1) is 26.2. The number of aromatic nitrogens is 1. The molecule has 0 amide bonds. The molecule has 4 heterocycles. The maximum atomic E-state index is 4.90. The van der Waals surface area contributed by atoms with E-state index in [0.29, 0.717) is 0 Å². The fourth-order valence-corrected chi connectivity index (χ4v) is 10.0. The van der Waals surface area contributed by atoms with E-state index in [1.165, 1.54) is 55.1 Å². The van der Waals surface area contributed by atoms with E-state index < -0.39 is 0 Å². The Morgan fingerprint density at radius 1 is 0.370 bits per heavy atom. The first-order chi connectivity index (χ1) is 22.8. The summed E-state index contributed by atoms with van der Waals surface area (Å²) in [7, 11) is 0. The topological polar surface area (TPSA) is 16.1 Å². The Morgan fingerprint density at radius 2 is 0.913 bits per heavy atom. The molecule has 0 bridgehead atoms. The molecule has 0 spiro atoms. The summed E-state index contributed by atoms with van der Waals surface area (Å²) in [6, 6.07) is 51.0. The zero-order valence-corrected chi connectivity index (χ0v) is 26.9. The Hall–Kier alpha value is -5.07. The van der Waals surface area contributed by atoms with Gasteiger partial charge in [-0.2, -0.15) is 0 Å². The van der Waals surface area contributed by atoms with Gasteiger partial charge in [-0.15, -0.1) is 34.0 Å². The molecule has 0 N–H and O–H groups in total. The van der Waals surface area contributed by atoms with Crippen LogP contribution < -0.4 is 4.90 Å². The van der Waals surface area contributed by atoms with Crippen LogP contribution in [0.5, 0.6) is 0 Å². The third kappa shape index (κ3) is 4.10. The highest BCUT2D eigenvalue weighted by Gasteiger charge is 2.17. The van der Waals surface area contributed by atoms with Gasteiger partial charge < -0.3 is 4.90 Å². The molecule has 0 atom stereocenters. The van der Waals surface area contributed by atoms with Crippen molar-refractivity contribution in [2.24, 2.45) is 0 Å². The highest BCUT2D eigenvalue weighted by molar-refractivity contribution is 7.26. The fourth-order valence-electron chi connectivity index (χ4n) is 6.71. The SMILES string of the molecule is c1ccc2c(c1)sc1cc(N(c3ccc(-c4cnc5c(c4)sc4ccccc45)cc3)c3ccc4sc5ccccc5c4c3)ccc12. The van der Waals surface area contributed by atoms with E-state index in [1.54, 1.807) is 0 Å². The predicted molar refractivity (Wildman–Crippen MR) is 203 cm³/mol. The highest BCUT2D eigenvalue weighted by Crippen LogP contribution is 2.43. The van der Waals surface area contributed by atoms with Crippen LogP contribution in [0.2, 0.25) is 0 Å². The molecule has 0 saturated heterocycles. The van der Waals surface area contributed by atoms with Gasteiger partial charge in [-0.1, -0.05) is 72.8 Å². The maximum absolute atomic E-state index is 4.90. The van der Waals surface area contributed by atoms with E-state index in [-0.39, 0.29) is 0 Å². The number of nitrogens with zero attached hydrogens (tertiary/aromatic N) is 2. The van der Waals surface area contributed by atoms with E-state index >= 15 is 0 Å². The number of thiophene rings is 3. The summed E-state index contributed by atoms with van der Waals surface area (Å²) in [4.78, 5) is 7.29.